The molecule has 0 aromatic heterocycles. The number of aryl methyl sites for hydroxylation is 1. The van der Waals surface area contributed by atoms with Crippen LogP contribution in [-0.4, -0.2) is 64.9 Å². The third kappa shape index (κ3) is 7.58. The van der Waals surface area contributed by atoms with Gasteiger partial charge in [0.15, 0.2) is 17.5 Å². The number of hydrogen-bond donors (Lipinski definition) is 2. The molecule has 1 saturated heterocycles. The standard InChI is InChI=1S/C22H38N4O2/c1-18-10-15-26(16-11-18)14-6-13-25-22(23-2)24-12-5-7-19-8-9-20(27-3)21(17-19)28-4/h8-9,17-18H,5-7,10-16H2,1-4H3,(H2,23,24,25). The maximum absolute atomic E-state index is 5.37. The fourth-order valence-corrected chi connectivity index (χ4v) is 3.55. The van der Waals surface area contributed by atoms with Crippen LogP contribution in [0.1, 0.15) is 38.2 Å². The quantitative estimate of drug-likeness (QED) is 0.365. The SMILES string of the molecule is CN=C(NCCCc1ccc(OC)c(OC)c1)NCCCN1CCC(C)CC1. The topological polar surface area (TPSA) is 58.1 Å². The molecule has 1 aliphatic heterocycles. The number of hydrogen-bond acceptors (Lipinski definition) is 4. The molecule has 158 valence electrons. The van der Waals surface area contributed by atoms with Gasteiger partial charge >= 0.3 is 0 Å². The predicted octanol–water partition coefficient (Wildman–Crippen LogP) is 2.92. The zero-order valence-electron chi connectivity index (χ0n) is 18.1. The molecule has 2 rings (SSSR count). The summed E-state index contributed by atoms with van der Waals surface area (Å²) in [5.41, 5.74) is 1.25. The highest BCUT2D eigenvalue weighted by molar-refractivity contribution is 5.79. The molecule has 0 amide bonds. The van der Waals surface area contributed by atoms with E-state index >= 15 is 0 Å². The van der Waals surface area contributed by atoms with Gasteiger partial charge in [-0.2, -0.15) is 0 Å². The van der Waals surface area contributed by atoms with E-state index in [1.54, 1.807) is 14.2 Å². The van der Waals surface area contributed by atoms with Crippen molar-refractivity contribution in [3.8, 4) is 11.5 Å². The van der Waals surface area contributed by atoms with E-state index in [1.165, 1.54) is 38.0 Å². The van der Waals surface area contributed by atoms with Crippen molar-refractivity contribution in [1.82, 2.24) is 15.5 Å². The maximum atomic E-state index is 5.37. The van der Waals surface area contributed by atoms with Gasteiger partial charge in [0.2, 0.25) is 0 Å². The smallest absolute Gasteiger partial charge is 0.190 e. The van der Waals surface area contributed by atoms with E-state index in [2.05, 4.69) is 33.5 Å². The molecule has 6 nitrogen and oxygen atoms in total. The molecule has 0 spiro atoms. The van der Waals surface area contributed by atoms with Crippen molar-refractivity contribution in [1.29, 1.82) is 0 Å². The van der Waals surface area contributed by atoms with Gasteiger partial charge in [0.1, 0.15) is 0 Å². The van der Waals surface area contributed by atoms with Crippen LogP contribution >= 0.6 is 0 Å². The van der Waals surface area contributed by atoms with Crippen molar-refractivity contribution >= 4 is 5.96 Å². The molecule has 0 atom stereocenters. The highest BCUT2D eigenvalue weighted by atomic mass is 16.5. The molecule has 1 fully saturated rings. The first-order valence-corrected chi connectivity index (χ1v) is 10.5. The first-order chi connectivity index (χ1) is 13.7. The summed E-state index contributed by atoms with van der Waals surface area (Å²) in [5, 5.41) is 6.83. The number of benzene rings is 1. The van der Waals surface area contributed by atoms with Crippen LogP contribution in [-0.2, 0) is 6.42 Å². The molecule has 0 aliphatic carbocycles. The lowest BCUT2D eigenvalue weighted by Gasteiger charge is -2.30. The second-order valence-electron chi connectivity index (χ2n) is 7.60. The molecule has 0 bridgehead atoms. The van der Waals surface area contributed by atoms with E-state index < -0.39 is 0 Å². The minimum Gasteiger partial charge on any atom is -0.493 e. The van der Waals surface area contributed by atoms with Crippen LogP contribution in [0.25, 0.3) is 0 Å². The lowest BCUT2D eigenvalue weighted by atomic mass is 9.99. The number of rotatable bonds is 10. The molecule has 2 N–H and O–H groups in total. The van der Waals surface area contributed by atoms with E-state index in [9.17, 15) is 0 Å². The Labute approximate surface area is 170 Å². The second-order valence-corrected chi connectivity index (χ2v) is 7.60. The first-order valence-electron chi connectivity index (χ1n) is 10.5. The Bertz CT molecular complexity index is 598. The van der Waals surface area contributed by atoms with Crippen LogP contribution in [0.4, 0.5) is 0 Å². The van der Waals surface area contributed by atoms with Gasteiger partial charge in [-0.05, 0) is 75.4 Å². The maximum Gasteiger partial charge on any atom is 0.190 e. The van der Waals surface area contributed by atoms with Crippen LogP contribution < -0.4 is 20.1 Å². The monoisotopic (exact) mass is 390 g/mol. The number of nitrogens with zero attached hydrogens (tertiary/aromatic N) is 2. The van der Waals surface area contributed by atoms with Crippen LogP contribution in [0.3, 0.4) is 0 Å². The van der Waals surface area contributed by atoms with E-state index in [0.29, 0.717) is 0 Å². The Balaban J connectivity index is 1.59. The van der Waals surface area contributed by atoms with Gasteiger partial charge in [0.05, 0.1) is 14.2 Å². The van der Waals surface area contributed by atoms with Crippen LogP contribution in [0.5, 0.6) is 11.5 Å². The van der Waals surface area contributed by atoms with E-state index in [-0.39, 0.29) is 0 Å². The summed E-state index contributed by atoms with van der Waals surface area (Å²) >= 11 is 0. The zero-order valence-corrected chi connectivity index (χ0v) is 18.1. The largest absolute Gasteiger partial charge is 0.493 e. The Kier molecular flexibility index (Phi) is 9.97. The first kappa shape index (κ1) is 22.3. The molecule has 1 aliphatic rings. The fraction of sp³-hybridized carbons (Fsp3) is 0.682. The van der Waals surface area contributed by atoms with Gasteiger partial charge in [0.25, 0.3) is 0 Å². The zero-order chi connectivity index (χ0) is 20.2. The van der Waals surface area contributed by atoms with E-state index in [0.717, 1.165) is 55.7 Å². The lowest BCUT2D eigenvalue weighted by molar-refractivity contribution is 0.191. The molecule has 1 aromatic carbocycles. The summed E-state index contributed by atoms with van der Waals surface area (Å²) in [5.74, 6) is 3.35. The molecule has 0 radical (unpaired) electrons. The Hall–Kier alpha value is -1.95. The van der Waals surface area contributed by atoms with Gasteiger partial charge in [-0.15, -0.1) is 0 Å². The van der Waals surface area contributed by atoms with Crippen molar-refractivity contribution in [3.63, 3.8) is 0 Å². The summed E-state index contributed by atoms with van der Waals surface area (Å²) in [7, 11) is 5.16. The Morgan fingerprint density at radius 1 is 1.07 bits per heavy atom. The fourth-order valence-electron chi connectivity index (χ4n) is 3.55. The minimum absolute atomic E-state index is 0.771. The van der Waals surface area contributed by atoms with E-state index in [4.69, 9.17) is 9.47 Å². The number of guanidine groups is 1. The number of nitrogens with one attached hydrogen (secondary N) is 2. The van der Waals surface area contributed by atoms with Gasteiger partial charge < -0.3 is 25.0 Å². The van der Waals surface area contributed by atoms with Crippen molar-refractivity contribution in [2.45, 2.75) is 39.0 Å². The highest BCUT2D eigenvalue weighted by Gasteiger charge is 2.14. The third-order valence-electron chi connectivity index (χ3n) is 5.43. The summed E-state index contributed by atoms with van der Waals surface area (Å²) in [6, 6.07) is 6.11. The average Bonchev–Trinajstić information content (AvgIpc) is 2.73. The molecule has 0 unspecified atom stereocenters. The molecule has 0 saturated carbocycles. The summed E-state index contributed by atoms with van der Waals surface area (Å²) < 4.78 is 10.7. The minimum atomic E-state index is 0.771. The van der Waals surface area contributed by atoms with Gasteiger partial charge in [-0.1, -0.05) is 13.0 Å². The van der Waals surface area contributed by atoms with Crippen LogP contribution in [0.15, 0.2) is 23.2 Å². The summed E-state index contributed by atoms with van der Waals surface area (Å²) in [4.78, 5) is 6.91. The number of aliphatic imine (C=N–C) groups is 1. The number of likely N-dealkylation sites (tertiary alicyclic amines) is 1. The molecule has 1 aromatic rings. The Morgan fingerprint density at radius 2 is 1.75 bits per heavy atom. The molecule has 6 heteroatoms. The molecular weight excluding hydrogens is 352 g/mol. The van der Waals surface area contributed by atoms with Crippen LogP contribution in [0, 0.1) is 5.92 Å². The Morgan fingerprint density at radius 3 is 2.39 bits per heavy atom. The number of ether oxygens (including phenoxy) is 2. The normalized spacial score (nSPS) is 16.1. The highest BCUT2D eigenvalue weighted by Crippen LogP contribution is 2.27. The molecular formula is C22H38N4O2. The van der Waals surface area contributed by atoms with Crippen LogP contribution in [0.2, 0.25) is 0 Å². The van der Waals surface area contributed by atoms with Gasteiger partial charge in [-0.25, -0.2) is 0 Å². The average molecular weight is 391 g/mol. The predicted molar refractivity (Wildman–Crippen MR) is 117 cm³/mol. The van der Waals surface area contributed by atoms with Crippen molar-refractivity contribution in [3.05, 3.63) is 23.8 Å². The molecule has 28 heavy (non-hydrogen) atoms. The second kappa shape index (κ2) is 12.5. The van der Waals surface area contributed by atoms with Crippen molar-refractivity contribution in [2.24, 2.45) is 10.9 Å². The van der Waals surface area contributed by atoms with E-state index in [1.807, 2.05) is 19.2 Å². The van der Waals surface area contributed by atoms with Gasteiger partial charge in [-0.3, -0.25) is 4.99 Å². The van der Waals surface area contributed by atoms with Crippen molar-refractivity contribution in [2.75, 3.05) is 54.0 Å². The third-order valence-corrected chi connectivity index (χ3v) is 5.43. The number of methoxy groups -OCH3 is 2. The van der Waals surface area contributed by atoms with Gasteiger partial charge in [0, 0.05) is 20.1 Å². The summed E-state index contributed by atoms with van der Waals surface area (Å²) in [6.45, 7) is 7.89. The lowest BCUT2D eigenvalue weighted by Crippen LogP contribution is -2.40. The van der Waals surface area contributed by atoms with Crippen molar-refractivity contribution < 1.29 is 9.47 Å². The molecule has 1 heterocycles. The summed E-state index contributed by atoms with van der Waals surface area (Å²) in [6.07, 6.45) is 5.86. The number of piperidine rings is 1.